The van der Waals surface area contributed by atoms with E-state index in [1.54, 1.807) is 12.4 Å². The van der Waals surface area contributed by atoms with Gasteiger partial charge in [-0.2, -0.15) is 0 Å². The zero-order chi connectivity index (χ0) is 10.5. The Morgan fingerprint density at radius 1 is 1.40 bits per heavy atom. The number of rotatable bonds is 4. The lowest BCUT2D eigenvalue weighted by molar-refractivity contribution is 0.362. The van der Waals surface area contributed by atoms with Gasteiger partial charge in [0.2, 0.25) is 0 Å². The lowest BCUT2D eigenvalue weighted by Crippen LogP contribution is -2.21. The van der Waals surface area contributed by atoms with E-state index in [1.807, 2.05) is 17.8 Å². The van der Waals surface area contributed by atoms with Crippen LogP contribution in [0.15, 0.2) is 23.4 Å². The van der Waals surface area contributed by atoms with Crippen LogP contribution in [0.25, 0.3) is 0 Å². The fraction of sp³-hybridized carbons (Fsp3) is 0.545. The highest BCUT2D eigenvalue weighted by molar-refractivity contribution is 7.99. The predicted octanol–water partition coefficient (Wildman–Crippen LogP) is 1.85. The number of aromatic nitrogens is 1. The molecule has 0 saturated carbocycles. The number of likely N-dealkylation sites (tertiary alicyclic amines) is 1. The van der Waals surface area contributed by atoms with E-state index < -0.39 is 0 Å². The molecule has 0 bridgehead atoms. The monoisotopic (exact) mass is 223 g/mol. The Bertz CT molecular complexity index is 310. The molecule has 1 aliphatic heterocycles. The number of anilines is 1. The molecule has 4 heteroatoms. The molecule has 2 N–H and O–H groups in total. The molecule has 3 nitrogen and oxygen atoms in total. The van der Waals surface area contributed by atoms with E-state index in [9.17, 15) is 0 Å². The van der Waals surface area contributed by atoms with E-state index in [0.29, 0.717) is 0 Å². The number of nitrogen functional groups attached to an aromatic ring is 1. The summed E-state index contributed by atoms with van der Waals surface area (Å²) in [6, 6.07) is 1.99. The number of nitrogens with zero attached hydrogens (tertiary/aromatic N) is 2. The van der Waals surface area contributed by atoms with Crippen molar-refractivity contribution in [3.05, 3.63) is 18.5 Å². The van der Waals surface area contributed by atoms with Crippen molar-refractivity contribution >= 4 is 17.4 Å². The summed E-state index contributed by atoms with van der Waals surface area (Å²) in [5.74, 6) is 1.12. The van der Waals surface area contributed by atoms with Gasteiger partial charge in [-0.25, -0.2) is 0 Å². The minimum absolute atomic E-state index is 0.795. The maximum absolute atomic E-state index is 5.82. The van der Waals surface area contributed by atoms with Gasteiger partial charge < -0.3 is 10.6 Å². The molecule has 0 atom stereocenters. The van der Waals surface area contributed by atoms with Crippen molar-refractivity contribution in [2.24, 2.45) is 0 Å². The highest BCUT2D eigenvalue weighted by Gasteiger charge is 2.10. The lowest BCUT2D eigenvalue weighted by atomic mass is 10.4. The fourth-order valence-electron chi connectivity index (χ4n) is 1.82. The molecule has 0 spiro atoms. The van der Waals surface area contributed by atoms with E-state index >= 15 is 0 Å². The van der Waals surface area contributed by atoms with Gasteiger partial charge >= 0.3 is 0 Å². The predicted molar refractivity (Wildman–Crippen MR) is 65.0 cm³/mol. The van der Waals surface area contributed by atoms with Gasteiger partial charge in [0.05, 0.1) is 11.9 Å². The average Bonchev–Trinajstić information content (AvgIpc) is 2.74. The van der Waals surface area contributed by atoms with Gasteiger partial charge in [-0.05, 0) is 32.0 Å². The van der Waals surface area contributed by atoms with Crippen LogP contribution in [0, 0.1) is 0 Å². The molecule has 0 unspecified atom stereocenters. The Hall–Kier alpha value is -0.740. The van der Waals surface area contributed by atoms with Crippen molar-refractivity contribution in [1.29, 1.82) is 0 Å². The van der Waals surface area contributed by atoms with Crippen LogP contribution in [0.5, 0.6) is 0 Å². The number of pyridine rings is 1. The normalized spacial score (nSPS) is 17.1. The topological polar surface area (TPSA) is 42.1 Å². The summed E-state index contributed by atoms with van der Waals surface area (Å²) in [6.45, 7) is 3.71. The van der Waals surface area contributed by atoms with Gasteiger partial charge in [0.25, 0.3) is 0 Å². The third-order valence-corrected chi connectivity index (χ3v) is 3.74. The number of nitrogens with two attached hydrogens (primary N) is 1. The van der Waals surface area contributed by atoms with Gasteiger partial charge in [0, 0.05) is 23.4 Å². The molecule has 1 fully saturated rings. The van der Waals surface area contributed by atoms with Crippen molar-refractivity contribution in [2.45, 2.75) is 17.7 Å². The van der Waals surface area contributed by atoms with E-state index in [2.05, 4.69) is 9.88 Å². The van der Waals surface area contributed by atoms with Crippen LogP contribution < -0.4 is 5.73 Å². The van der Waals surface area contributed by atoms with Gasteiger partial charge in [0.1, 0.15) is 0 Å². The van der Waals surface area contributed by atoms with E-state index in [4.69, 9.17) is 5.73 Å². The van der Waals surface area contributed by atoms with Crippen molar-refractivity contribution < 1.29 is 0 Å². The van der Waals surface area contributed by atoms with Crippen molar-refractivity contribution in [3.8, 4) is 0 Å². The molecule has 1 aromatic heterocycles. The van der Waals surface area contributed by atoms with Crippen LogP contribution >= 0.6 is 11.8 Å². The standard InChI is InChI=1S/C11H17N3S/c12-10-9-13-4-3-11(10)15-8-7-14-5-1-2-6-14/h3-4,9H,1-2,5-8,12H2. The third kappa shape index (κ3) is 3.11. The Kier molecular flexibility index (Phi) is 3.86. The summed E-state index contributed by atoms with van der Waals surface area (Å²) in [7, 11) is 0. The summed E-state index contributed by atoms with van der Waals surface area (Å²) in [5, 5.41) is 0. The number of thioether (sulfide) groups is 1. The zero-order valence-corrected chi connectivity index (χ0v) is 9.67. The second-order valence-corrected chi connectivity index (χ2v) is 4.95. The van der Waals surface area contributed by atoms with Gasteiger partial charge in [-0.15, -0.1) is 11.8 Å². The summed E-state index contributed by atoms with van der Waals surface area (Å²) in [4.78, 5) is 7.66. The van der Waals surface area contributed by atoms with E-state index in [-0.39, 0.29) is 0 Å². The molecule has 1 saturated heterocycles. The average molecular weight is 223 g/mol. The minimum atomic E-state index is 0.795. The summed E-state index contributed by atoms with van der Waals surface area (Å²) >= 11 is 1.83. The lowest BCUT2D eigenvalue weighted by Gasteiger charge is -2.13. The number of hydrogen-bond acceptors (Lipinski definition) is 4. The Morgan fingerprint density at radius 3 is 2.93 bits per heavy atom. The SMILES string of the molecule is Nc1cnccc1SCCN1CCCC1. The molecular formula is C11H17N3S. The van der Waals surface area contributed by atoms with Crippen LogP contribution in [0.1, 0.15) is 12.8 Å². The minimum Gasteiger partial charge on any atom is -0.397 e. The number of hydrogen-bond donors (Lipinski definition) is 1. The Morgan fingerprint density at radius 2 is 2.20 bits per heavy atom. The first-order valence-electron chi connectivity index (χ1n) is 5.41. The maximum Gasteiger partial charge on any atom is 0.0638 e. The van der Waals surface area contributed by atoms with E-state index in [0.717, 1.165) is 16.3 Å². The van der Waals surface area contributed by atoms with Crippen LogP contribution in [-0.4, -0.2) is 35.3 Å². The van der Waals surface area contributed by atoms with Crippen molar-refractivity contribution in [1.82, 2.24) is 9.88 Å². The van der Waals surface area contributed by atoms with E-state index in [1.165, 1.54) is 32.5 Å². The summed E-state index contributed by atoms with van der Waals surface area (Å²) in [6.07, 6.45) is 6.25. The van der Waals surface area contributed by atoms with Crippen LogP contribution in [0.2, 0.25) is 0 Å². The molecule has 0 aliphatic carbocycles. The molecular weight excluding hydrogens is 206 g/mol. The maximum atomic E-state index is 5.82. The van der Waals surface area contributed by atoms with Gasteiger partial charge in [-0.1, -0.05) is 0 Å². The zero-order valence-electron chi connectivity index (χ0n) is 8.85. The first kappa shape index (κ1) is 10.8. The van der Waals surface area contributed by atoms with Crippen LogP contribution in [0.4, 0.5) is 5.69 Å². The quantitative estimate of drug-likeness (QED) is 0.791. The smallest absolute Gasteiger partial charge is 0.0638 e. The molecule has 0 radical (unpaired) electrons. The Balaban J connectivity index is 1.75. The second-order valence-electron chi connectivity index (χ2n) is 3.81. The molecule has 2 heterocycles. The summed E-state index contributed by atoms with van der Waals surface area (Å²) < 4.78 is 0. The highest BCUT2D eigenvalue weighted by Crippen LogP contribution is 2.23. The molecule has 82 valence electrons. The first-order chi connectivity index (χ1) is 7.36. The van der Waals surface area contributed by atoms with Crippen molar-refractivity contribution in [3.63, 3.8) is 0 Å². The fourth-order valence-corrected chi connectivity index (χ4v) is 2.76. The molecule has 1 aliphatic rings. The highest BCUT2D eigenvalue weighted by atomic mass is 32.2. The van der Waals surface area contributed by atoms with Crippen molar-refractivity contribution in [2.75, 3.05) is 31.1 Å². The van der Waals surface area contributed by atoms with Gasteiger partial charge in [0.15, 0.2) is 0 Å². The second kappa shape index (κ2) is 5.37. The molecule has 2 rings (SSSR count). The molecule has 0 aromatic carbocycles. The third-order valence-electron chi connectivity index (χ3n) is 2.67. The van der Waals surface area contributed by atoms with Crippen LogP contribution in [-0.2, 0) is 0 Å². The molecule has 1 aromatic rings. The Labute approximate surface area is 95.1 Å². The first-order valence-corrected chi connectivity index (χ1v) is 6.39. The molecule has 0 amide bonds. The van der Waals surface area contributed by atoms with Gasteiger partial charge in [-0.3, -0.25) is 4.98 Å². The largest absolute Gasteiger partial charge is 0.397 e. The molecule has 15 heavy (non-hydrogen) atoms. The summed E-state index contributed by atoms with van der Waals surface area (Å²) in [5.41, 5.74) is 6.61. The van der Waals surface area contributed by atoms with Crippen LogP contribution in [0.3, 0.4) is 0 Å².